The number of halogens is 1. The Labute approximate surface area is 170 Å². The summed E-state index contributed by atoms with van der Waals surface area (Å²) in [6.45, 7) is 0. The second-order valence-corrected chi connectivity index (χ2v) is 6.43. The third-order valence-corrected chi connectivity index (χ3v) is 4.12. The van der Waals surface area contributed by atoms with Gasteiger partial charge in [-0.3, -0.25) is 0 Å². The molecule has 4 rings (SSSR count). The maximum Gasteiger partial charge on any atom is 0.258 e. The molecule has 2 aromatic carbocycles. The van der Waals surface area contributed by atoms with Crippen LogP contribution >= 0.6 is 11.6 Å². The monoisotopic (exact) mass is 409 g/mol. The molecule has 0 saturated carbocycles. The summed E-state index contributed by atoms with van der Waals surface area (Å²) in [7, 11) is 1.60. The zero-order valence-corrected chi connectivity index (χ0v) is 16.1. The van der Waals surface area contributed by atoms with Crippen molar-refractivity contribution < 1.29 is 9.26 Å². The van der Waals surface area contributed by atoms with Crippen LogP contribution in [0, 0.1) is 0 Å². The molecule has 10 heteroatoms. The number of benzene rings is 2. The van der Waals surface area contributed by atoms with Crippen molar-refractivity contribution in [3.63, 3.8) is 0 Å². The molecule has 0 aliphatic rings. The molecule has 146 valence electrons. The first-order valence-corrected chi connectivity index (χ1v) is 8.97. The lowest BCUT2D eigenvalue weighted by molar-refractivity contribution is 0.412. The third kappa shape index (κ3) is 4.58. The Morgan fingerprint density at radius 1 is 1.03 bits per heavy atom. The van der Waals surface area contributed by atoms with Crippen molar-refractivity contribution in [1.29, 1.82) is 0 Å². The number of nitrogens with two attached hydrogens (primary N) is 1. The molecule has 9 nitrogen and oxygen atoms in total. The molecule has 0 saturated heterocycles. The van der Waals surface area contributed by atoms with E-state index in [9.17, 15) is 0 Å². The van der Waals surface area contributed by atoms with Crippen molar-refractivity contribution in [2.24, 2.45) is 0 Å². The number of hydrogen-bond donors (Lipinski definition) is 2. The van der Waals surface area contributed by atoms with Gasteiger partial charge in [-0.2, -0.15) is 19.9 Å². The molecule has 2 aromatic heterocycles. The molecule has 0 bridgehead atoms. The molecule has 0 fully saturated rings. The number of anilines is 3. The van der Waals surface area contributed by atoms with Gasteiger partial charge in [-0.05, 0) is 36.4 Å². The zero-order valence-electron chi connectivity index (χ0n) is 15.3. The molecule has 0 aliphatic heterocycles. The lowest BCUT2D eigenvalue weighted by Crippen LogP contribution is -2.08. The van der Waals surface area contributed by atoms with Crippen molar-refractivity contribution >= 4 is 29.2 Å². The molecular formula is C19H16ClN7O2. The molecule has 0 aliphatic carbocycles. The lowest BCUT2D eigenvalue weighted by Gasteiger charge is -2.06. The first kappa shape index (κ1) is 18.6. The van der Waals surface area contributed by atoms with Crippen LogP contribution in [0.15, 0.2) is 53.1 Å². The summed E-state index contributed by atoms with van der Waals surface area (Å²) in [5, 5.41) is 7.63. The van der Waals surface area contributed by atoms with Gasteiger partial charge in [0.15, 0.2) is 5.82 Å². The van der Waals surface area contributed by atoms with E-state index in [2.05, 4.69) is 30.4 Å². The fraction of sp³-hybridized carbons (Fsp3) is 0.105. The summed E-state index contributed by atoms with van der Waals surface area (Å²) >= 11 is 6.00. The van der Waals surface area contributed by atoms with Crippen LogP contribution < -0.4 is 15.8 Å². The van der Waals surface area contributed by atoms with Gasteiger partial charge in [0.2, 0.25) is 11.9 Å². The highest BCUT2D eigenvalue weighted by Gasteiger charge is 2.13. The summed E-state index contributed by atoms with van der Waals surface area (Å²) in [6.07, 6.45) is 0.227. The van der Waals surface area contributed by atoms with Crippen LogP contribution in [0.2, 0.25) is 5.02 Å². The van der Waals surface area contributed by atoms with E-state index in [0.717, 1.165) is 11.3 Å². The van der Waals surface area contributed by atoms with E-state index in [-0.39, 0.29) is 12.4 Å². The quantitative estimate of drug-likeness (QED) is 0.492. The van der Waals surface area contributed by atoms with Crippen molar-refractivity contribution in [3.8, 4) is 17.2 Å². The number of nitrogens with one attached hydrogen (secondary N) is 1. The largest absolute Gasteiger partial charge is 0.497 e. The molecule has 29 heavy (non-hydrogen) atoms. The molecule has 0 spiro atoms. The maximum atomic E-state index is 6.00. The molecule has 3 N–H and O–H groups in total. The number of methoxy groups -OCH3 is 1. The Kier molecular flexibility index (Phi) is 5.21. The van der Waals surface area contributed by atoms with Crippen LogP contribution in [-0.4, -0.2) is 32.2 Å². The molecule has 0 unspecified atom stereocenters. The van der Waals surface area contributed by atoms with Gasteiger partial charge in [-0.1, -0.05) is 28.9 Å². The van der Waals surface area contributed by atoms with E-state index in [1.807, 2.05) is 36.4 Å². The summed E-state index contributed by atoms with van der Waals surface area (Å²) in [4.78, 5) is 17.0. The number of hydrogen-bond acceptors (Lipinski definition) is 9. The summed E-state index contributed by atoms with van der Waals surface area (Å²) in [6, 6.07) is 14.5. The van der Waals surface area contributed by atoms with Gasteiger partial charge in [0, 0.05) is 16.3 Å². The van der Waals surface area contributed by atoms with Gasteiger partial charge >= 0.3 is 0 Å². The van der Waals surface area contributed by atoms with Crippen molar-refractivity contribution in [3.05, 3.63) is 65.2 Å². The van der Waals surface area contributed by atoms with Gasteiger partial charge in [0.1, 0.15) is 11.6 Å². The van der Waals surface area contributed by atoms with E-state index in [0.29, 0.717) is 34.3 Å². The summed E-state index contributed by atoms with van der Waals surface area (Å²) in [5.41, 5.74) is 7.30. The average molecular weight is 410 g/mol. The Balaban J connectivity index is 1.54. The minimum Gasteiger partial charge on any atom is -0.497 e. The van der Waals surface area contributed by atoms with Crippen LogP contribution in [0.4, 0.5) is 17.6 Å². The van der Waals surface area contributed by atoms with Crippen LogP contribution in [-0.2, 0) is 6.42 Å². The maximum absolute atomic E-state index is 6.00. The minimum absolute atomic E-state index is 0.0797. The highest BCUT2D eigenvalue weighted by molar-refractivity contribution is 6.30. The van der Waals surface area contributed by atoms with Crippen LogP contribution in [0.25, 0.3) is 11.5 Å². The smallest absolute Gasteiger partial charge is 0.258 e. The predicted octanol–water partition coefficient (Wildman–Crippen LogP) is 3.50. The molecule has 0 amide bonds. The Morgan fingerprint density at radius 2 is 1.90 bits per heavy atom. The second-order valence-electron chi connectivity index (χ2n) is 5.99. The number of rotatable bonds is 6. The average Bonchev–Trinajstić information content (AvgIpc) is 3.16. The van der Waals surface area contributed by atoms with Crippen LogP contribution in [0.5, 0.6) is 5.75 Å². The van der Waals surface area contributed by atoms with Gasteiger partial charge < -0.3 is 20.3 Å². The van der Waals surface area contributed by atoms with E-state index in [1.165, 1.54) is 0 Å². The number of nitrogens with zero attached hydrogens (tertiary/aromatic N) is 5. The van der Waals surface area contributed by atoms with Crippen molar-refractivity contribution in [1.82, 2.24) is 25.1 Å². The first-order chi connectivity index (χ1) is 14.1. The fourth-order valence-corrected chi connectivity index (χ4v) is 2.80. The van der Waals surface area contributed by atoms with Crippen molar-refractivity contribution in [2.45, 2.75) is 6.42 Å². The normalized spacial score (nSPS) is 10.7. The molecule has 0 radical (unpaired) electrons. The van der Waals surface area contributed by atoms with Crippen LogP contribution in [0.1, 0.15) is 11.6 Å². The van der Waals surface area contributed by atoms with E-state index in [4.69, 9.17) is 26.6 Å². The second kappa shape index (κ2) is 8.11. The van der Waals surface area contributed by atoms with E-state index in [1.54, 1.807) is 19.2 Å². The van der Waals surface area contributed by atoms with Gasteiger partial charge in [0.05, 0.1) is 13.5 Å². The highest BCUT2D eigenvalue weighted by Crippen LogP contribution is 2.23. The zero-order chi connectivity index (χ0) is 20.2. The molecule has 2 heterocycles. The Hall–Kier alpha value is -3.72. The molecule has 0 atom stereocenters. The Morgan fingerprint density at radius 3 is 2.72 bits per heavy atom. The number of ether oxygens (including phenoxy) is 1. The third-order valence-electron chi connectivity index (χ3n) is 3.88. The standard InChI is InChI=1S/C19H16ClN7O2/c1-28-14-7-2-4-11(8-14)17-23-16(27-29-17)10-15-24-18(21)26-19(25-15)22-13-6-3-5-12(20)9-13/h2-9H,10H2,1H3,(H3,21,22,24,25,26). The lowest BCUT2D eigenvalue weighted by atomic mass is 10.2. The van der Waals surface area contributed by atoms with Gasteiger partial charge in [-0.25, -0.2) is 0 Å². The Bertz CT molecular complexity index is 1150. The van der Waals surface area contributed by atoms with Crippen molar-refractivity contribution in [2.75, 3.05) is 18.2 Å². The van der Waals surface area contributed by atoms with Gasteiger partial charge in [0.25, 0.3) is 5.89 Å². The van der Waals surface area contributed by atoms with E-state index >= 15 is 0 Å². The van der Waals surface area contributed by atoms with Gasteiger partial charge in [-0.15, -0.1) is 0 Å². The molecular weight excluding hydrogens is 394 g/mol. The number of aromatic nitrogens is 5. The number of nitrogen functional groups attached to an aromatic ring is 1. The molecule has 4 aromatic rings. The van der Waals surface area contributed by atoms with Crippen LogP contribution in [0.3, 0.4) is 0 Å². The highest BCUT2D eigenvalue weighted by atomic mass is 35.5. The summed E-state index contributed by atoms with van der Waals surface area (Å²) in [5.74, 6) is 2.27. The predicted molar refractivity (Wildman–Crippen MR) is 108 cm³/mol. The topological polar surface area (TPSA) is 125 Å². The first-order valence-electron chi connectivity index (χ1n) is 8.59. The minimum atomic E-state index is 0.0797. The summed E-state index contributed by atoms with van der Waals surface area (Å²) < 4.78 is 10.6. The SMILES string of the molecule is COc1cccc(-c2nc(Cc3nc(N)nc(Nc4cccc(Cl)c4)n3)no2)c1. The fourth-order valence-electron chi connectivity index (χ4n) is 2.61. The van der Waals surface area contributed by atoms with E-state index < -0.39 is 0 Å².